The molecule has 3 N–H and O–H groups in total. The van der Waals surface area contributed by atoms with Crippen molar-refractivity contribution < 1.29 is 9.59 Å². The van der Waals surface area contributed by atoms with Gasteiger partial charge in [-0.2, -0.15) is 0 Å². The van der Waals surface area contributed by atoms with Gasteiger partial charge in [-0.25, -0.2) is 4.79 Å². The second-order valence-electron chi connectivity index (χ2n) is 8.94. The maximum Gasteiger partial charge on any atom is 0.330 e. The van der Waals surface area contributed by atoms with Crippen LogP contribution in [0.15, 0.2) is 27.1 Å². The highest BCUT2D eigenvalue weighted by atomic mass is 32.1. The topological polar surface area (TPSA) is 125 Å². The number of thiophene rings is 1. The van der Waals surface area contributed by atoms with Gasteiger partial charge in [-0.15, -0.1) is 11.3 Å². The number of rotatable bonds is 9. The molecule has 11 heteroatoms. The van der Waals surface area contributed by atoms with Crippen molar-refractivity contribution in [3.8, 4) is 0 Å². The molecule has 2 amide bonds. The molecule has 3 rings (SSSR count). The van der Waals surface area contributed by atoms with Crippen LogP contribution in [0.25, 0.3) is 0 Å². The van der Waals surface area contributed by atoms with E-state index in [0.29, 0.717) is 50.6 Å². The fourth-order valence-corrected chi connectivity index (χ4v) is 4.69. The minimum Gasteiger partial charge on any atom is -0.383 e. The molecule has 0 spiro atoms. The van der Waals surface area contributed by atoms with Gasteiger partial charge in [0.2, 0.25) is 5.91 Å². The molecule has 0 atom stereocenters. The third kappa shape index (κ3) is 5.95. The molecular formula is C23H34N6O4S. The molecule has 34 heavy (non-hydrogen) atoms. The van der Waals surface area contributed by atoms with E-state index in [2.05, 4.69) is 4.98 Å². The lowest BCUT2D eigenvalue weighted by Gasteiger charge is -2.35. The number of nitrogens with two attached hydrogens (primary N) is 1. The Hall–Kier alpha value is -2.92. The molecule has 3 heterocycles. The van der Waals surface area contributed by atoms with Crippen molar-refractivity contribution in [2.24, 2.45) is 5.92 Å². The number of carbonyl (C=O) groups is 2. The molecule has 1 fully saturated rings. The molecule has 1 aliphatic heterocycles. The zero-order valence-electron chi connectivity index (χ0n) is 20.1. The van der Waals surface area contributed by atoms with E-state index < -0.39 is 11.2 Å². The van der Waals surface area contributed by atoms with Crippen LogP contribution < -0.4 is 21.9 Å². The smallest absolute Gasteiger partial charge is 0.330 e. The maximum absolute atomic E-state index is 13.4. The predicted octanol–water partition coefficient (Wildman–Crippen LogP) is 1.43. The first-order chi connectivity index (χ1) is 16.2. The summed E-state index contributed by atoms with van der Waals surface area (Å²) in [7, 11) is 0. The number of nitrogens with zero attached hydrogens (tertiary/aromatic N) is 4. The zero-order chi connectivity index (χ0) is 24.8. The van der Waals surface area contributed by atoms with Gasteiger partial charge in [0.15, 0.2) is 5.69 Å². The van der Waals surface area contributed by atoms with Gasteiger partial charge in [0.1, 0.15) is 5.82 Å². The molecule has 10 nitrogen and oxygen atoms in total. The molecule has 1 aliphatic rings. The third-order valence-corrected chi connectivity index (χ3v) is 6.68. The number of unbranched alkanes of at least 4 members (excludes halogenated alkanes) is 1. The predicted molar refractivity (Wildman–Crippen MR) is 134 cm³/mol. The first-order valence-corrected chi connectivity index (χ1v) is 12.6. The van der Waals surface area contributed by atoms with Gasteiger partial charge in [-0.05, 0) is 23.8 Å². The Balaban J connectivity index is 1.75. The molecule has 0 aliphatic carbocycles. The van der Waals surface area contributed by atoms with Gasteiger partial charge in [0, 0.05) is 39.3 Å². The molecule has 2 aromatic heterocycles. The van der Waals surface area contributed by atoms with Gasteiger partial charge in [0.25, 0.3) is 11.5 Å². The Labute approximate surface area is 203 Å². The molecule has 0 unspecified atom stereocenters. The first-order valence-electron chi connectivity index (χ1n) is 11.7. The van der Waals surface area contributed by atoms with Crippen LogP contribution in [-0.4, -0.2) is 70.4 Å². The van der Waals surface area contributed by atoms with E-state index in [1.54, 1.807) is 4.90 Å². The molecule has 0 bridgehead atoms. The van der Waals surface area contributed by atoms with Crippen molar-refractivity contribution in [2.75, 3.05) is 49.9 Å². The molecule has 0 radical (unpaired) electrons. The summed E-state index contributed by atoms with van der Waals surface area (Å²) in [6.07, 6.45) is 1.52. The summed E-state index contributed by atoms with van der Waals surface area (Å²) in [5, 5.41) is 1.88. The minimum atomic E-state index is -0.654. The van der Waals surface area contributed by atoms with Crippen molar-refractivity contribution in [1.29, 1.82) is 0 Å². The molecule has 2 aromatic rings. The van der Waals surface area contributed by atoms with E-state index in [-0.39, 0.29) is 35.8 Å². The number of nitrogens with one attached hydrogen (secondary N) is 1. The van der Waals surface area contributed by atoms with Gasteiger partial charge in [0.05, 0.1) is 11.4 Å². The molecule has 0 saturated carbocycles. The number of aromatic nitrogens is 2. The monoisotopic (exact) mass is 490 g/mol. The second kappa shape index (κ2) is 11.5. The van der Waals surface area contributed by atoms with Gasteiger partial charge in [-0.3, -0.25) is 28.8 Å². The first kappa shape index (κ1) is 25.7. The van der Waals surface area contributed by atoms with Crippen LogP contribution in [0.5, 0.6) is 0 Å². The fourth-order valence-electron chi connectivity index (χ4n) is 4.00. The number of hydrogen-bond acceptors (Lipinski definition) is 7. The van der Waals surface area contributed by atoms with E-state index in [0.717, 1.165) is 6.42 Å². The van der Waals surface area contributed by atoms with Crippen LogP contribution in [0, 0.1) is 5.92 Å². The number of piperazine rings is 1. The molecule has 1 saturated heterocycles. The number of nitrogen functional groups attached to an aromatic ring is 1. The van der Waals surface area contributed by atoms with E-state index >= 15 is 0 Å². The standard InChI is InChI=1S/C23H34N6O4S/c1-4-5-8-28(19-20(24)29(14-16(2)3)23(33)25-21(19)31)18(30)15-26-9-11-27(12-10-26)22(32)17-7-6-13-34-17/h6-7,13,16H,4-5,8-12,14-15,24H2,1-3H3,(H,25,31,33). The van der Waals surface area contributed by atoms with E-state index in [4.69, 9.17) is 5.73 Å². The molecule has 186 valence electrons. The Morgan fingerprint density at radius 3 is 2.50 bits per heavy atom. The number of anilines is 2. The van der Waals surface area contributed by atoms with Crippen LogP contribution in [0.1, 0.15) is 43.3 Å². The van der Waals surface area contributed by atoms with Gasteiger partial charge < -0.3 is 15.5 Å². The van der Waals surface area contributed by atoms with Gasteiger partial charge >= 0.3 is 5.69 Å². The Kier molecular flexibility index (Phi) is 8.67. The number of aromatic amines is 1. The summed E-state index contributed by atoms with van der Waals surface area (Å²) in [6.45, 7) is 8.84. The fraction of sp³-hybridized carbons (Fsp3) is 0.565. The quantitative estimate of drug-likeness (QED) is 0.548. The highest BCUT2D eigenvalue weighted by Crippen LogP contribution is 2.20. The summed E-state index contributed by atoms with van der Waals surface area (Å²) >= 11 is 1.42. The average Bonchev–Trinajstić information content (AvgIpc) is 3.33. The highest BCUT2D eigenvalue weighted by Gasteiger charge is 2.28. The van der Waals surface area contributed by atoms with Crippen LogP contribution in [0.2, 0.25) is 0 Å². The normalized spacial score (nSPS) is 14.5. The van der Waals surface area contributed by atoms with E-state index in [1.807, 2.05) is 43.2 Å². The lowest BCUT2D eigenvalue weighted by Crippen LogP contribution is -2.52. The van der Waals surface area contributed by atoms with Crippen LogP contribution in [-0.2, 0) is 11.3 Å². The lowest BCUT2D eigenvalue weighted by atomic mass is 10.2. The van der Waals surface area contributed by atoms with Crippen LogP contribution >= 0.6 is 11.3 Å². The number of H-pyrrole nitrogens is 1. The van der Waals surface area contributed by atoms with E-state index in [9.17, 15) is 19.2 Å². The van der Waals surface area contributed by atoms with E-state index in [1.165, 1.54) is 20.8 Å². The summed E-state index contributed by atoms with van der Waals surface area (Å²) in [6, 6.07) is 3.67. The van der Waals surface area contributed by atoms with Crippen molar-refractivity contribution in [3.05, 3.63) is 43.2 Å². The Bertz CT molecular complexity index is 1100. The minimum absolute atomic E-state index is 0.0114. The van der Waals surface area contributed by atoms with Crippen molar-refractivity contribution in [1.82, 2.24) is 19.4 Å². The van der Waals surface area contributed by atoms with Crippen LogP contribution in [0.4, 0.5) is 11.5 Å². The lowest BCUT2D eigenvalue weighted by molar-refractivity contribution is -0.120. The number of amides is 2. The SMILES string of the molecule is CCCCN(C(=O)CN1CCN(C(=O)c2cccs2)CC1)c1c(N)n(CC(C)C)c(=O)[nH]c1=O. The summed E-state index contributed by atoms with van der Waals surface area (Å²) in [5.74, 6) is -0.0966. The summed E-state index contributed by atoms with van der Waals surface area (Å²) in [5.41, 5.74) is 5.07. The summed E-state index contributed by atoms with van der Waals surface area (Å²) < 4.78 is 1.32. The van der Waals surface area contributed by atoms with Crippen molar-refractivity contribution in [3.63, 3.8) is 0 Å². The number of hydrogen-bond donors (Lipinski definition) is 2. The summed E-state index contributed by atoms with van der Waals surface area (Å²) in [4.78, 5) is 59.2. The van der Waals surface area contributed by atoms with Crippen molar-refractivity contribution in [2.45, 2.75) is 40.2 Å². The zero-order valence-corrected chi connectivity index (χ0v) is 20.9. The largest absolute Gasteiger partial charge is 0.383 e. The third-order valence-electron chi connectivity index (χ3n) is 5.82. The highest BCUT2D eigenvalue weighted by molar-refractivity contribution is 7.12. The average molecular weight is 491 g/mol. The van der Waals surface area contributed by atoms with Crippen molar-refractivity contribution >= 4 is 34.7 Å². The maximum atomic E-state index is 13.4. The van der Waals surface area contributed by atoms with Crippen LogP contribution in [0.3, 0.4) is 0 Å². The Morgan fingerprint density at radius 1 is 1.21 bits per heavy atom. The Morgan fingerprint density at radius 2 is 1.91 bits per heavy atom. The second-order valence-corrected chi connectivity index (χ2v) is 9.89. The number of carbonyl (C=O) groups excluding carboxylic acids is 2. The molecule has 0 aromatic carbocycles. The van der Waals surface area contributed by atoms with Gasteiger partial charge in [-0.1, -0.05) is 33.3 Å². The molecular weight excluding hydrogens is 456 g/mol.